The highest BCUT2D eigenvalue weighted by molar-refractivity contribution is 7.18. The first-order valence-corrected chi connectivity index (χ1v) is 10.7. The van der Waals surface area contributed by atoms with Crippen LogP contribution in [0.5, 0.6) is 0 Å². The summed E-state index contributed by atoms with van der Waals surface area (Å²) in [5.41, 5.74) is 2.10. The van der Waals surface area contributed by atoms with Crippen molar-refractivity contribution >= 4 is 21.6 Å². The number of quaternary nitrogens is 1. The van der Waals surface area contributed by atoms with Gasteiger partial charge in [0.15, 0.2) is 6.04 Å². The number of hydrogen-bond acceptors (Lipinski definition) is 5. The first-order chi connectivity index (χ1) is 13.8. The lowest BCUT2D eigenvalue weighted by Crippen LogP contribution is -3.13. The summed E-state index contributed by atoms with van der Waals surface area (Å²) >= 11 is 1.85. The average molecular weight is 392 g/mol. The Balaban J connectivity index is 1.26. The van der Waals surface area contributed by atoms with E-state index in [-0.39, 0.29) is 6.04 Å². The molecule has 1 N–H and O–H groups in total. The minimum atomic E-state index is 0.210. The van der Waals surface area contributed by atoms with Gasteiger partial charge in [-0.25, -0.2) is 4.98 Å². The van der Waals surface area contributed by atoms with Gasteiger partial charge in [0.05, 0.1) is 28.3 Å². The van der Waals surface area contributed by atoms with E-state index in [2.05, 4.69) is 41.4 Å². The van der Waals surface area contributed by atoms with Gasteiger partial charge >= 0.3 is 0 Å². The maximum atomic E-state index is 5.98. The molecule has 3 heterocycles. The Kier molecular flexibility index (Phi) is 4.66. The predicted octanol–water partition coefficient (Wildman–Crippen LogP) is 3.87. The summed E-state index contributed by atoms with van der Waals surface area (Å²) in [4.78, 5) is 6.38. The lowest BCUT2D eigenvalue weighted by atomic mass is 9.96. The maximum Gasteiger partial charge on any atom is 0.274 e. The van der Waals surface area contributed by atoms with Crippen LogP contribution < -0.4 is 4.90 Å². The number of aromatic nitrogens is 3. The van der Waals surface area contributed by atoms with Gasteiger partial charge in [-0.1, -0.05) is 30.3 Å². The van der Waals surface area contributed by atoms with Crippen LogP contribution >= 0.6 is 11.3 Å². The van der Waals surface area contributed by atoms with E-state index in [1.807, 2.05) is 41.7 Å². The molecule has 5 nitrogen and oxygen atoms in total. The van der Waals surface area contributed by atoms with Crippen LogP contribution in [0.1, 0.15) is 42.6 Å². The molecule has 4 aromatic rings. The number of benzene rings is 2. The van der Waals surface area contributed by atoms with Gasteiger partial charge in [-0.05, 0) is 31.2 Å². The fourth-order valence-corrected chi connectivity index (χ4v) is 5.15. The first kappa shape index (κ1) is 17.5. The quantitative estimate of drug-likeness (QED) is 0.574. The highest BCUT2D eigenvalue weighted by atomic mass is 32.1. The number of rotatable bonds is 4. The Morgan fingerprint density at radius 2 is 1.75 bits per heavy atom. The van der Waals surface area contributed by atoms with Crippen LogP contribution in [0.3, 0.4) is 0 Å². The maximum absolute atomic E-state index is 5.98. The van der Waals surface area contributed by atoms with Crippen molar-refractivity contribution in [3.05, 3.63) is 65.5 Å². The van der Waals surface area contributed by atoms with Crippen LogP contribution in [0.2, 0.25) is 0 Å². The van der Waals surface area contributed by atoms with Crippen molar-refractivity contribution in [3.63, 3.8) is 0 Å². The molecule has 0 aliphatic carbocycles. The normalized spacial score (nSPS) is 21.0. The molecule has 0 radical (unpaired) electrons. The SMILES string of the molecule is C[C@H](c1nnc(-c2ccccc2)o1)[NH+]1CCC(c2nc3ccccc3s2)CC1. The lowest BCUT2D eigenvalue weighted by Gasteiger charge is -2.31. The largest absolute Gasteiger partial charge is 0.415 e. The number of likely N-dealkylation sites (tertiary alicyclic amines) is 1. The number of piperidine rings is 1. The molecule has 2 aromatic heterocycles. The summed E-state index contributed by atoms with van der Waals surface area (Å²) in [6.07, 6.45) is 2.30. The summed E-state index contributed by atoms with van der Waals surface area (Å²) < 4.78 is 7.27. The van der Waals surface area contributed by atoms with Crippen molar-refractivity contribution in [2.75, 3.05) is 13.1 Å². The van der Waals surface area contributed by atoms with Crippen molar-refractivity contribution < 1.29 is 9.32 Å². The Bertz CT molecular complexity index is 1030. The van der Waals surface area contributed by atoms with E-state index in [0.29, 0.717) is 11.8 Å². The lowest BCUT2D eigenvalue weighted by molar-refractivity contribution is -0.936. The molecular formula is C22H23N4OS+. The van der Waals surface area contributed by atoms with Crippen molar-refractivity contribution in [2.45, 2.75) is 31.7 Å². The zero-order valence-electron chi connectivity index (χ0n) is 15.8. The van der Waals surface area contributed by atoms with Crippen molar-refractivity contribution in [1.82, 2.24) is 15.2 Å². The molecule has 1 aliphatic heterocycles. The zero-order chi connectivity index (χ0) is 18.9. The summed E-state index contributed by atoms with van der Waals surface area (Å²) in [5.74, 6) is 1.90. The molecule has 1 fully saturated rings. The first-order valence-electron chi connectivity index (χ1n) is 9.87. The number of para-hydroxylation sites is 1. The van der Waals surface area contributed by atoms with Crippen LogP contribution in [-0.2, 0) is 0 Å². The Labute approximate surface area is 168 Å². The Morgan fingerprint density at radius 1 is 1.00 bits per heavy atom. The van der Waals surface area contributed by atoms with Gasteiger partial charge in [-0.3, -0.25) is 0 Å². The topological polar surface area (TPSA) is 56.2 Å². The molecule has 6 heteroatoms. The van der Waals surface area contributed by atoms with E-state index >= 15 is 0 Å². The molecular weight excluding hydrogens is 368 g/mol. The standard InChI is InChI=1S/C22H22N4OS/c1-15(20-24-25-21(27-20)16-7-3-2-4-8-16)26-13-11-17(12-14-26)22-23-18-9-5-6-10-19(18)28-22/h2-10,15,17H,11-14H2,1H3/p+1/t15-/m1/s1. The van der Waals surface area contributed by atoms with Crippen molar-refractivity contribution in [2.24, 2.45) is 0 Å². The van der Waals surface area contributed by atoms with Crippen LogP contribution in [0.4, 0.5) is 0 Å². The predicted molar refractivity (Wildman–Crippen MR) is 110 cm³/mol. The van der Waals surface area contributed by atoms with E-state index in [0.717, 1.165) is 42.9 Å². The molecule has 0 bridgehead atoms. The smallest absolute Gasteiger partial charge is 0.274 e. The number of hydrogen-bond donors (Lipinski definition) is 1. The number of nitrogens with zero attached hydrogens (tertiary/aromatic N) is 3. The van der Waals surface area contributed by atoms with Gasteiger partial charge in [-0.15, -0.1) is 21.5 Å². The summed E-state index contributed by atoms with van der Waals surface area (Å²) in [7, 11) is 0. The molecule has 5 rings (SSSR count). The molecule has 28 heavy (non-hydrogen) atoms. The molecule has 2 aromatic carbocycles. The van der Waals surface area contributed by atoms with Crippen LogP contribution in [-0.4, -0.2) is 28.3 Å². The van der Waals surface area contributed by atoms with Gasteiger partial charge in [0.25, 0.3) is 5.89 Å². The van der Waals surface area contributed by atoms with Gasteiger partial charge in [0.1, 0.15) is 0 Å². The minimum Gasteiger partial charge on any atom is -0.415 e. The van der Waals surface area contributed by atoms with Gasteiger partial charge in [-0.2, -0.15) is 0 Å². The van der Waals surface area contributed by atoms with Gasteiger partial charge in [0.2, 0.25) is 5.89 Å². The molecule has 1 aliphatic rings. The fourth-order valence-electron chi connectivity index (χ4n) is 4.01. The van der Waals surface area contributed by atoms with Crippen molar-refractivity contribution in [3.8, 4) is 11.5 Å². The second-order valence-electron chi connectivity index (χ2n) is 7.49. The van der Waals surface area contributed by atoms with Gasteiger partial charge < -0.3 is 9.32 Å². The van der Waals surface area contributed by atoms with E-state index in [1.54, 1.807) is 0 Å². The number of nitrogens with one attached hydrogen (secondary N) is 1. The summed E-state index contributed by atoms with van der Waals surface area (Å²) in [6.45, 7) is 4.39. The third kappa shape index (κ3) is 3.34. The van der Waals surface area contributed by atoms with Gasteiger partial charge in [0, 0.05) is 24.3 Å². The van der Waals surface area contributed by atoms with E-state index in [1.165, 1.54) is 14.6 Å². The molecule has 0 amide bonds. The summed E-state index contributed by atoms with van der Waals surface area (Å²) in [5, 5.41) is 9.87. The molecule has 142 valence electrons. The highest BCUT2D eigenvalue weighted by Crippen LogP contribution is 2.32. The minimum absolute atomic E-state index is 0.210. The molecule has 1 saturated heterocycles. The van der Waals surface area contributed by atoms with E-state index in [9.17, 15) is 0 Å². The second kappa shape index (κ2) is 7.45. The summed E-state index contributed by atoms with van der Waals surface area (Å²) in [6, 6.07) is 18.6. The molecule has 0 saturated carbocycles. The number of fused-ring (bicyclic) bond motifs is 1. The van der Waals surface area contributed by atoms with Crippen LogP contribution in [0, 0.1) is 0 Å². The zero-order valence-corrected chi connectivity index (χ0v) is 16.7. The highest BCUT2D eigenvalue weighted by Gasteiger charge is 2.31. The third-order valence-electron chi connectivity index (χ3n) is 5.73. The Hall–Kier alpha value is -2.57. The van der Waals surface area contributed by atoms with Crippen LogP contribution in [0.15, 0.2) is 59.0 Å². The molecule has 0 spiro atoms. The second-order valence-corrected chi connectivity index (χ2v) is 8.55. The van der Waals surface area contributed by atoms with Crippen LogP contribution in [0.25, 0.3) is 21.7 Å². The third-order valence-corrected chi connectivity index (χ3v) is 6.93. The monoisotopic (exact) mass is 391 g/mol. The van der Waals surface area contributed by atoms with E-state index < -0.39 is 0 Å². The fraction of sp³-hybridized carbons (Fsp3) is 0.318. The van der Waals surface area contributed by atoms with E-state index in [4.69, 9.17) is 9.40 Å². The molecule has 1 atom stereocenters. The van der Waals surface area contributed by atoms with Crippen molar-refractivity contribution in [1.29, 1.82) is 0 Å². The molecule has 0 unspecified atom stereocenters. The average Bonchev–Trinajstić information content (AvgIpc) is 3.41. The number of thiazole rings is 1. The Morgan fingerprint density at radius 3 is 2.54 bits per heavy atom.